The average Bonchev–Trinajstić information content (AvgIpc) is 2.97. The van der Waals surface area contributed by atoms with Gasteiger partial charge in [-0.15, -0.1) is 0 Å². The van der Waals surface area contributed by atoms with Crippen molar-refractivity contribution in [3.8, 4) is 0 Å². The lowest BCUT2D eigenvalue weighted by molar-refractivity contribution is 0.0600. The molecule has 0 fully saturated rings. The van der Waals surface area contributed by atoms with Crippen molar-refractivity contribution in [1.82, 2.24) is 10.2 Å². The number of anilines is 1. The molecular weight excluding hydrogens is 270 g/mol. The Hall–Kier alpha value is -2.63. The van der Waals surface area contributed by atoms with Crippen LogP contribution in [0.3, 0.4) is 0 Å². The number of carbonyl (C=O) groups excluding carboxylic acids is 2. The lowest BCUT2D eigenvalue weighted by Gasteiger charge is -2.04. The van der Waals surface area contributed by atoms with Crippen LogP contribution in [0, 0.1) is 0 Å². The summed E-state index contributed by atoms with van der Waals surface area (Å²) in [6.45, 7) is 4.03. The molecule has 0 atom stereocenters. The number of hydrogen-bond acceptors (Lipinski definition) is 4. The lowest BCUT2D eigenvalue weighted by atomic mass is 10.1. The molecule has 0 aliphatic rings. The van der Waals surface area contributed by atoms with Crippen molar-refractivity contribution in [2.75, 3.05) is 12.4 Å². The molecule has 0 radical (unpaired) electrons. The van der Waals surface area contributed by atoms with Crippen molar-refractivity contribution < 1.29 is 14.3 Å². The van der Waals surface area contributed by atoms with Crippen molar-refractivity contribution in [3.63, 3.8) is 0 Å². The molecule has 0 aliphatic heterocycles. The molecule has 1 aromatic heterocycles. The highest BCUT2D eigenvalue weighted by Crippen LogP contribution is 2.14. The second-order valence-corrected chi connectivity index (χ2v) is 4.89. The summed E-state index contributed by atoms with van der Waals surface area (Å²) in [4.78, 5) is 23.4. The van der Waals surface area contributed by atoms with Crippen LogP contribution in [0.4, 0.5) is 5.69 Å². The number of amides is 1. The highest BCUT2D eigenvalue weighted by Gasteiger charge is 2.12. The first-order valence-corrected chi connectivity index (χ1v) is 6.56. The maximum atomic E-state index is 12.0. The van der Waals surface area contributed by atoms with Crippen LogP contribution in [0.2, 0.25) is 0 Å². The van der Waals surface area contributed by atoms with E-state index < -0.39 is 5.97 Å². The van der Waals surface area contributed by atoms with E-state index in [1.165, 1.54) is 7.11 Å². The second-order valence-electron chi connectivity index (χ2n) is 4.89. The van der Waals surface area contributed by atoms with Gasteiger partial charge in [0.05, 0.1) is 12.7 Å². The van der Waals surface area contributed by atoms with Crippen LogP contribution in [0.25, 0.3) is 0 Å². The van der Waals surface area contributed by atoms with Crippen molar-refractivity contribution in [3.05, 3.63) is 47.3 Å². The quantitative estimate of drug-likeness (QED) is 0.846. The lowest BCUT2D eigenvalue weighted by Crippen LogP contribution is -2.12. The van der Waals surface area contributed by atoms with Gasteiger partial charge in [-0.3, -0.25) is 9.89 Å². The van der Waals surface area contributed by atoms with E-state index in [4.69, 9.17) is 0 Å². The van der Waals surface area contributed by atoms with Crippen LogP contribution in [-0.2, 0) is 4.74 Å². The second kappa shape index (κ2) is 6.21. The molecule has 0 saturated carbocycles. The molecule has 21 heavy (non-hydrogen) atoms. The van der Waals surface area contributed by atoms with Gasteiger partial charge in [0.2, 0.25) is 0 Å². The zero-order valence-electron chi connectivity index (χ0n) is 12.1. The molecule has 0 bridgehead atoms. The summed E-state index contributed by atoms with van der Waals surface area (Å²) in [5, 5.41) is 9.53. The van der Waals surface area contributed by atoms with Crippen LogP contribution >= 0.6 is 0 Å². The number of aromatic nitrogens is 2. The van der Waals surface area contributed by atoms with Crippen molar-refractivity contribution >= 4 is 17.6 Å². The van der Waals surface area contributed by atoms with Gasteiger partial charge >= 0.3 is 5.97 Å². The molecule has 0 unspecified atom stereocenters. The van der Waals surface area contributed by atoms with Crippen LogP contribution < -0.4 is 5.32 Å². The molecule has 0 spiro atoms. The number of nitrogens with zero attached hydrogens (tertiary/aromatic N) is 1. The van der Waals surface area contributed by atoms with Crippen molar-refractivity contribution in [2.24, 2.45) is 0 Å². The number of ether oxygens (including phenoxy) is 1. The standard InChI is InChI=1S/C15H17N3O3/c1-9(2)12-8-13(18-17-12)14(19)16-11-6-4-10(5-7-11)15(20)21-3/h4-9H,1-3H3,(H,16,19)(H,17,18). The van der Waals surface area contributed by atoms with Gasteiger partial charge in [-0.25, -0.2) is 4.79 Å². The van der Waals surface area contributed by atoms with E-state index in [-0.39, 0.29) is 11.8 Å². The van der Waals surface area contributed by atoms with E-state index in [0.29, 0.717) is 16.9 Å². The summed E-state index contributed by atoms with van der Waals surface area (Å²) in [6, 6.07) is 8.18. The molecule has 110 valence electrons. The Labute approximate surface area is 122 Å². The number of H-pyrrole nitrogens is 1. The van der Waals surface area contributed by atoms with Crippen molar-refractivity contribution in [1.29, 1.82) is 0 Å². The number of esters is 1. The maximum Gasteiger partial charge on any atom is 0.337 e. The van der Waals surface area contributed by atoms with Gasteiger partial charge < -0.3 is 10.1 Å². The van der Waals surface area contributed by atoms with Crippen molar-refractivity contribution in [2.45, 2.75) is 19.8 Å². The molecule has 6 nitrogen and oxygen atoms in total. The van der Waals surface area contributed by atoms with Gasteiger partial charge in [-0.05, 0) is 36.2 Å². The Kier molecular flexibility index (Phi) is 4.37. The van der Waals surface area contributed by atoms with Crippen LogP contribution in [0.5, 0.6) is 0 Å². The third-order valence-electron chi connectivity index (χ3n) is 3.02. The highest BCUT2D eigenvalue weighted by molar-refractivity contribution is 6.03. The topological polar surface area (TPSA) is 84.1 Å². The fraction of sp³-hybridized carbons (Fsp3) is 0.267. The molecule has 2 rings (SSSR count). The summed E-state index contributed by atoms with van der Waals surface area (Å²) in [5.74, 6) is -0.441. The number of nitrogens with one attached hydrogen (secondary N) is 2. The summed E-state index contributed by atoms with van der Waals surface area (Å²) >= 11 is 0. The van der Waals surface area contributed by atoms with Gasteiger partial charge in [0.1, 0.15) is 0 Å². The number of methoxy groups -OCH3 is 1. The van der Waals surface area contributed by atoms with Crippen LogP contribution in [0.15, 0.2) is 30.3 Å². The Bertz CT molecular complexity index is 644. The fourth-order valence-electron chi connectivity index (χ4n) is 1.75. The Balaban J connectivity index is 2.06. The predicted molar refractivity (Wildman–Crippen MR) is 78.4 cm³/mol. The first kappa shape index (κ1) is 14.8. The minimum Gasteiger partial charge on any atom is -0.465 e. The minimum atomic E-state index is -0.415. The normalized spacial score (nSPS) is 10.5. The van der Waals surface area contributed by atoms with E-state index in [1.54, 1.807) is 30.3 Å². The molecule has 0 saturated heterocycles. The third kappa shape index (κ3) is 3.47. The zero-order valence-corrected chi connectivity index (χ0v) is 12.1. The van der Waals surface area contributed by atoms with Gasteiger partial charge in [0.25, 0.3) is 5.91 Å². The fourth-order valence-corrected chi connectivity index (χ4v) is 1.75. The van der Waals surface area contributed by atoms with Gasteiger partial charge in [0, 0.05) is 11.4 Å². The summed E-state index contributed by atoms with van der Waals surface area (Å²) in [7, 11) is 1.32. The smallest absolute Gasteiger partial charge is 0.337 e. The number of hydrogen-bond donors (Lipinski definition) is 2. The Morgan fingerprint density at radius 1 is 1.24 bits per heavy atom. The summed E-state index contributed by atoms with van der Waals surface area (Å²) < 4.78 is 4.61. The maximum absolute atomic E-state index is 12.0. The molecule has 2 aromatic rings. The first-order chi connectivity index (χ1) is 10.0. The molecule has 0 aliphatic carbocycles. The van der Waals surface area contributed by atoms with Crippen LogP contribution in [-0.4, -0.2) is 29.2 Å². The molecule has 1 amide bonds. The third-order valence-corrected chi connectivity index (χ3v) is 3.02. The van der Waals surface area contributed by atoms with Gasteiger partial charge in [-0.1, -0.05) is 13.8 Å². The first-order valence-electron chi connectivity index (χ1n) is 6.56. The van der Waals surface area contributed by atoms with E-state index in [1.807, 2.05) is 13.8 Å². The Morgan fingerprint density at radius 2 is 1.90 bits per heavy atom. The number of benzene rings is 1. The molecule has 6 heteroatoms. The molecule has 1 heterocycles. The Morgan fingerprint density at radius 3 is 2.43 bits per heavy atom. The molecular formula is C15H17N3O3. The van der Waals surface area contributed by atoms with E-state index in [2.05, 4.69) is 20.3 Å². The minimum absolute atomic E-state index is 0.276. The summed E-state index contributed by atoms with van der Waals surface area (Å²) in [6.07, 6.45) is 0. The summed E-state index contributed by atoms with van der Waals surface area (Å²) in [5.41, 5.74) is 2.25. The molecule has 2 N–H and O–H groups in total. The number of rotatable bonds is 4. The largest absolute Gasteiger partial charge is 0.465 e. The average molecular weight is 287 g/mol. The molecule has 1 aromatic carbocycles. The van der Waals surface area contributed by atoms with E-state index in [9.17, 15) is 9.59 Å². The number of carbonyl (C=O) groups is 2. The van der Waals surface area contributed by atoms with Gasteiger partial charge in [-0.2, -0.15) is 5.10 Å². The zero-order chi connectivity index (χ0) is 15.4. The van der Waals surface area contributed by atoms with E-state index >= 15 is 0 Å². The SMILES string of the molecule is COC(=O)c1ccc(NC(=O)c2cc(C(C)C)[nH]n2)cc1. The number of aromatic amines is 1. The highest BCUT2D eigenvalue weighted by atomic mass is 16.5. The monoisotopic (exact) mass is 287 g/mol. The van der Waals surface area contributed by atoms with Crippen LogP contribution in [0.1, 0.15) is 46.3 Å². The van der Waals surface area contributed by atoms with E-state index in [0.717, 1.165) is 5.69 Å². The predicted octanol–water partition coefficient (Wildman–Crippen LogP) is 2.57. The van der Waals surface area contributed by atoms with Gasteiger partial charge in [0.15, 0.2) is 5.69 Å².